The third-order valence-electron chi connectivity index (χ3n) is 6.29. The van der Waals surface area contributed by atoms with Crippen LogP contribution in [0.1, 0.15) is 17.0 Å². The van der Waals surface area contributed by atoms with Gasteiger partial charge in [-0.15, -0.1) is 0 Å². The highest BCUT2D eigenvalue weighted by Crippen LogP contribution is 2.52. The molecule has 1 saturated heterocycles. The standard InChI is InChI=1S/C26H20N2O4/c1-3-25(17-12-14-18(30-2)15-13-17)16-31-26(32-25)20-9-5-7-11-22(20)28-23(29)19-8-4-6-10-21(19)27-24(26)28/h3-15H,1,16H2,2H3. The van der Waals surface area contributed by atoms with Crippen molar-refractivity contribution in [2.24, 2.45) is 0 Å². The summed E-state index contributed by atoms with van der Waals surface area (Å²) in [5.74, 6) is -0.161. The summed E-state index contributed by atoms with van der Waals surface area (Å²) in [6.45, 7) is 4.26. The molecule has 0 radical (unpaired) electrons. The average molecular weight is 424 g/mol. The highest BCUT2D eigenvalue weighted by atomic mass is 16.8. The predicted molar refractivity (Wildman–Crippen MR) is 120 cm³/mol. The van der Waals surface area contributed by atoms with Gasteiger partial charge >= 0.3 is 0 Å². The fourth-order valence-corrected chi connectivity index (χ4v) is 4.65. The summed E-state index contributed by atoms with van der Waals surface area (Å²) < 4.78 is 20.1. The largest absolute Gasteiger partial charge is 0.497 e. The van der Waals surface area contributed by atoms with E-state index in [2.05, 4.69) is 6.58 Å². The summed E-state index contributed by atoms with van der Waals surface area (Å²) in [7, 11) is 1.63. The smallest absolute Gasteiger partial charge is 0.266 e. The Labute approximate surface area is 184 Å². The molecule has 158 valence electrons. The van der Waals surface area contributed by atoms with E-state index < -0.39 is 11.4 Å². The van der Waals surface area contributed by atoms with Crippen LogP contribution in [-0.4, -0.2) is 23.3 Å². The second-order valence-electron chi connectivity index (χ2n) is 7.94. The molecule has 6 rings (SSSR count). The number of hydrogen-bond donors (Lipinski definition) is 0. The topological polar surface area (TPSA) is 62.6 Å². The number of rotatable bonds is 3. The summed E-state index contributed by atoms with van der Waals surface area (Å²) >= 11 is 0. The molecule has 1 fully saturated rings. The molecular weight excluding hydrogens is 404 g/mol. The van der Waals surface area contributed by atoms with Gasteiger partial charge in [0.25, 0.3) is 11.3 Å². The minimum atomic E-state index is -1.33. The number of fused-ring (bicyclic) bond motifs is 6. The molecule has 1 aromatic heterocycles. The highest BCUT2D eigenvalue weighted by molar-refractivity contribution is 5.78. The first kappa shape index (κ1) is 19.0. The van der Waals surface area contributed by atoms with Gasteiger partial charge in [-0.3, -0.25) is 9.36 Å². The number of nitrogens with zero attached hydrogens (tertiary/aromatic N) is 2. The van der Waals surface area contributed by atoms with E-state index in [1.807, 2.05) is 66.7 Å². The van der Waals surface area contributed by atoms with Crippen LogP contribution in [0.15, 0.2) is 90.2 Å². The van der Waals surface area contributed by atoms with E-state index in [0.717, 1.165) is 16.9 Å². The Morgan fingerprint density at radius 2 is 1.81 bits per heavy atom. The molecule has 0 N–H and O–H groups in total. The lowest BCUT2D eigenvalue weighted by molar-refractivity contribution is -0.159. The Balaban J connectivity index is 1.59. The molecule has 2 aliphatic heterocycles. The van der Waals surface area contributed by atoms with E-state index in [4.69, 9.17) is 19.2 Å². The summed E-state index contributed by atoms with van der Waals surface area (Å²) in [4.78, 5) is 18.3. The first-order valence-electron chi connectivity index (χ1n) is 10.4. The number of hydrogen-bond acceptors (Lipinski definition) is 5. The van der Waals surface area contributed by atoms with Crippen molar-refractivity contribution >= 4 is 10.9 Å². The Morgan fingerprint density at radius 1 is 1.06 bits per heavy atom. The first-order chi connectivity index (χ1) is 15.6. The minimum Gasteiger partial charge on any atom is -0.497 e. The van der Waals surface area contributed by atoms with Crippen LogP contribution in [0.5, 0.6) is 5.75 Å². The molecule has 4 aromatic rings. The van der Waals surface area contributed by atoms with Crippen molar-refractivity contribution in [3.05, 3.63) is 113 Å². The lowest BCUT2D eigenvalue weighted by Gasteiger charge is -2.28. The van der Waals surface area contributed by atoms with Crippen LogP contribution in [0.3, 0.4) is 0 Å². The zero-order chi connectivity index (χ0) is 21.9. The van der Waals surface area contributed by atoms with Crippen LogP contribution in [0.25, 0.3) is 16.6 Å². The third kappa shape index (κ3) is 2.36. The summed E-state index contributed by atoms with van der Waals surface area (Å²) in [5.41, 5.74) is 1.87. The zero-order valence-corrected chi connectivity index (χ0v) is 17.4. The number of ether oxygens (including phenoxy) is 3. The third-order valence-corrected chi connectivity index (χ3v) is 6.29. The SMILES string of the molecule is C=CC1(c2ccc(OC)cc2)COC2(O1)c1ccccc1-n1c2nc2ccccc2c1=O. The molecular formula is C26H20N2O4. The van der Waals surface area contributed by atoms with Crippen molar-refractivity contribution < 1.29 is 14.2 Å². The molecule has 3 aromatic carbocycles. The van der Waals surface area contributed by atoms with E-state index in [-0.39, 0.29) is 12.2 Å². The van der Waals surface area contributed by atoms with E-state index in [1.165, 1.54) is 0 Å². The van der Waals surface area contributed by atoms with Crippen LogP contribution < -0.4 is 10.3 Å². The molecule has 2 unspecified atom stereocenters. The van der Waals surface area contributed by atoms with E-state index >= 15 is 0 Å². The van der Waals surface area contributed by atoms with Gasteiger partial charge in [0.15, 0.2) is 5.82 Å². The van der Waals surface area contributed by atoms with Gasteiger partial charge in [-0.2, -0.15) is 0 Å². The molecule has 6 heteroatoms. The summed E-state index contributed by atoms with van der Waals surface area (Å²) in [5, 5.41) is 0.547. The molecule has 0 aliphatic carbocycles. The predicted octanol–water partition coefficient (Wildman–Crippen LogP) is 4.04. The first-order valence-corrected chi connectivity index (χ1v) is 10.4. The van der Waals surface area contributed by atoms with Crippen molar-refractivity contribution in [1.82, 2.24) is 9.55 Å². The Hall–Kier alpha value is -3.74. The van der Waals surface area contributed by atoms with Crippen molar-refractivity contribution in [3.63, 3.8) is 0 Å². The van der Waals surface area contributed by atoms with Gasteiger partial charge in [0.05, 0.1) is 30.3 Å². The second-order valence-corrected chi connectivity index (χ2v) is 7.94. The van der Waals surface area contributed by atoms with Crippen molar-refractivity contribution in [2.75, 3.05) is 13.7 Å². The van der Waals surface area contributed by atoms with Gasteiger partial charge in [-0.25, -0.2) is 4.98 Å². The van der Waals surface area contributed by atoms with Crippen LogP contribution in [-0.2, 0) is 20.9 Å². The average Bonchev–Trinajstić information content (AvgIpc) is 3.38. The maximum Gasteiger partial charge on any atom is 0.266 e. The van der Waals surface area contributed by atoms with Crippen LogP contribution in [0.2, 0.25) is 0 Å². The second kappa shape index (κ2) is 6.63. The van der Waals surface area contributed by atoms with E-state index in [9.17, 15) is 4.79 Å². The van der Waals surface area contributed by atoms with E-state index in [1.54, 1.807) is 23.8 Å². The van der Waals surface area contributed by atoms with Gasteiger partial charge in [-0.05, 0) is 35.9 Å². The lowest BCUT2D eigenvalue weighted by atomic mass is 9.94. The molecule has 0 bridgehead atoms. The number of aromatic nitrogens is 2. The van der Waals surface area contributed by atoms with Gasteiger partial charge in [0.2, 0.25) is 0 Å². The maximum absolute atomic E-state index is 13.5. The minimum absolute atomic E-state index is 0.150. The molecule has 2 atom stereocenters. The van der Waals surface area contributed by atoms with E-state index in [0.29, 0.717) is 22.4 Å². The molecule has 1 spiro atoms. The van der Waals surface area contributed by atoms with Gasteiger partial charge in [-0.1, -0.05) is 55.1 Å². The lowest BCUT2D eigenvalue weighted by Crippen LogP contribution is -2.34. The normalized spacial score (nSPS) is 23.3. The van der Waals surface area contributed by atoms with Gasteiger partial charge < -0.3 is 14.2 Å². The molecule has 0 amide bonds. The number of methoxy groups -OCH3 is 1. The van der Waals surface area contributed by atoms with Gasteiger partial charge in [0, 0.05) is 5.56 Å². The quantitative estimate of drug-likeness (QED) is 0.465. The Morgan fingerprint density at radius 3 is 2.59 bits per heavy atom. The monoisotopic (exact) mass is 424 g/mol. The Kier molecular flexibility index (Phi) is 3.93. The fraction of sp³-hybridized carbons (Fsp3) is 0.154. The van der Waals surface area contributed by atoms with Crippen LogP contribution in [0.4, 0.5) is 0 Å². The zero-order valence-electron chi connectivity index (χ0n) is 17.4. The number of benzene rings is 3. The van der Waals surface area contributed by atoms with Crippen LogP contribution in [0, 0.1) is 0 Å². The van der Waals surface area contributed by atoms with Gasteiger partial charge in [0.1, 0.15) is 11.4 Å². The highest BCUT2D eigenvalue weighted by Gasteiger charge is 2.58. The number of para-hydroxylation sites is 2. The van der Waals surface area contributed by atoms with Crippen LogP contribution >= 0.6 is 0 Å². The molecule has 32 heavy (non-hydrogen) atoms. The fourth-order valence-electron chi connectivity index (χ4n) is 4.65. The van der Waals surface area contributed by atoms with Crippen molar-refractivity contribution in [1.29, 1.82) is 0 Å². The van der Waals surface area contributed by atoms with Crippen molar-refractivity contribution in [2.45, 2.75) is 11.4 Å². The molecule has 0 saturated carbocycles. The molecule has 2 aliphatic rings. The maximum atomic E-state index is 13.5. The summed E-state index contributed by atoms with van der Waals surface area (Å²) in [6, 6.07) is 22.5. The molecule has 6 nitrogen and oxygen atoms in total. The Bertz CT molecular complexity index is 1440. The summed E-state index contributed by atoms with van der Waals surface area (Å²) in [6.07, 6.45) is 1.74. The molecule has 3 heterocycles. The van der Waals surface area contributed by atoms with Crippen molar-refractivity contribution in [3.8, 4) is 11.4 Å².